The lowest BCUT2D eigenvalue weighted by Crippen LogP contribution is -2.29. The van der Waals surface area contributed by atoms with Gasteiger partial charge in [-0.15, -0.1) is 0 Å². The van der Waals surface area contributed by atoms with E-state index < -0.39 is 0 Å². The number of pyridine rings is 1. The zero-order chi connectivity index (χ0) is 12.5. The second-order valence-electron chi connectivity index (χ2n) is 4.08. The van der Waals surface area contributed by atoms with Gasteiger partial charge in [0.05, 0.1) is 0 Å². The monoisotopic (exact) mass is 254 g/mol. The summed E-state index contributed by atoms with van der Waals surface area (Å²) in [4.78, 5) is 0. The minimum absolute atomic E-state index is 0.782. The molecule has 0 fully saturated rings. The summed E-state index contributed by atoms with van der Waals surface area (Å²) in [6.07, 6.45) is 1.91. The van der Waals surface area contributed by atoms with Crippen LogP contribution in [0.15, 0.2) is 54.7 Å². The number of hydrogen-bond acceptors (Lipinski definition) is 2. The summed E-state index contributed by atoms with van der Waals surface area (Å²) in [5, 5.41) is 4.62. The Hall–Kier alpha value is -2.07. The van der Waals surface area contributed by atoms with Gasteiger partial charge >= 0.3 is 0 Å². The molecule has 4 heteroatoms. The molecule has 0 saturated carbocycles. The predicted molar refractivity (Wildman–Crippen MR) is 72.6 cm³/mol. The third-order valence-corrected chi connectivity index (χ3v) is 3.40. The van der Waals surface area contributed by atoms with E-state index in [0.717, 1.165) is 21.5 Å². The molecular weight excluding hydrogens is 242 g/mol. The van der Waals surface area contributed by atoms with Crippen molar-refractivity contribution in [1.29, 1.82) is 0 Å². The van der Waals surface area contributed by atoms with Crippen LogP contribution in [0.25, 0.3) is 16.9 Å². The summed E-state index contributed by atoms with van der Waals surface area (Å²) < 4.78 is 4.55. The first-order valence-corrected chi connectivity index (χ1v) is 6.11. The summed E-state index contributed by atoms with van der Waals surface area (Å²) in [5.41, 5.74) is 2.00. The standard InChI is InChI=1S/C14H12N3S/c1-16-13(11-7-3-2-4-8-11)15-17-10-6-5-9-12(17)14(16)18/h2-10H,1H3/q+1. The van der Waals surface area contributed by atoms with Crippen molar-refractivity contribution < 1.29 is 4.52 Å². The lowest BCUT2D eigenvalue weighted by atomic mass is 10.2. The lowest BCUT2D eigenvalue weighted by molar-refractivity contribution is -0.581. The van der Waals surface area contributed by atoms with E-state index in [9.17, 15) is 0 Å². The van der Waals surface area contributed by atoms with Crippen LogP contribution in [-0.4, -0.2) is 9.67 Å². The Morgan fingerprint density at radius 1 is 1.06 bits per heavy atom. The third-order valence-electron chi connectivity index (χ3n) is 2.92. The van der Waals surface area contributed by atoms with Gasteiger partial charge in [0, 0.05) is 29.8 Å². The van der Waals surface area contributed by atoms with E-state index in [4.69, 9.17) is 12.2 Å². The van der Waals surface area contributed by atoms with Gasteiger partial charge in [-0.2, -0.15) is 0 Å². The van der Waals surface area contributed by atoms with Gasteiger partial charge in [0.2, 0.25) is 12.0 Å². The van der Waals surface area contributed by atoms with E-state index in [1.165, 1.54) is 0 Å². The van der Waals surface area contributed by atoms with Crippen molar-refractivity contribution in [3.05, 3.63) is 59.4 Å². The van der Waals surface area contributed by atoms with Crippen molar-refractivity contribution in [2.75, 3.05) is 0 Å². The van der Waals surface area contributed by atoms with Gasteiger partial charge in [-0.3, -0.25) is 0 Å². The number of aromatic nitrogens is 3. The molecule has 0 saturated heterocycles. The molecule has 2 aromatic heterocycles. The molecule has 0 atom stereocenters. The van der Waals surface area contributed by atoms with Gasteiger partial charge in [0.15, 0.2) is 4.64 Å². The molecular formula is C14H12N3S+. The van der Waals surface area contributed by atoms with Gasteiger partial charge in [-0.05, 0) is 10.6 Å². The van der Waals surface area contributed by atoms with Crippen LogP contribution in [0.3, 0.4) is 0 Å². The average Bonchev–Trinajstić information content (AvgIpc) is 2.44. The van der Waals surface area contributed by atoms with Crippen molar-refractivity contribution in [1.82, 2.24) is 9.67 Å². The van der Waals surface area contributed by atoms with Crippen LogP contribution in [0.5, 0.6) is 0 Å². The van der Waals surface area contributed by atoms with E-state index in [2.05, 4.69) is 5.10 Å². The molecule has 0 aliphatic heterocycles. The van der Waals surface area contributed by atoms with E-state index in [1.54, 1.807) is 0 Å². The van der Waals surface area contributed by atoms with Crippen LogP contribution < -0.4 is 4.52 Å². The Balaban J connectivity index is 2.38. The number of benzene rings is 1. The van der Waals surface area contributed by atoms with Crippen LogP contribution in [0.1, 0.15) is 0 Å². The predicted octanol–water partition coefficient (Wildman–Crippen LogP) is 2.56. The van der Waals surface area contributed by atoms with Crippen molar-refractivity contribution in [3.8, 4) is 11.4 Å². The van der Waals surface area contributed by atoms with Crippen LogP contribution in [0, 0.1) is 4.64 Å². The summed E-state index contributed by atoms with van der Waals surface area (Å²) in [6, 6.07) is 16.0. The van der Waals surface area contributed by atoms with Crippen molar-refractivity contribution >= 4 is 17.7 Å². The maximum Gasteiger partial charge on any atom is 0.272 e. The molecule has 3 rings (SSSR count). The molecule has 0 aliphatic rings. The highest BCUT2D eigenvalue weighted by atomic mass is 32.1. The Bertz CT molecular complexity index is 763. The van der Waals surface area contributed by atoms with Gasteiger partial charge in [0.25, 0.3) is 5.52 Å². The molecule has 0 radical (unpaired) electrons. The van der Waals surface area contributed by atoms with Gasteiger partial charge in [0.1, 0.15) is 0 Å². The van der Waals surface area contributed by atoms with Crippen molar-refractivity contribution in [3.63, 3.8) is 0 Å². The number of fused-ring (bicyclic) bond motifs is 1. The minimum Gasteiger partial charge on any atom is -0.309 e. The van der Waals surface area contributed by atoms with E-state index >= 15 is 0 Å². The summed E-state index contributed by atoms with van der Waals surface area (Å²) in [7, 11) is 1.95. The van der Waals surface area contributed by atoms with Crippen molar-refractivity contribution in [2.24, 2.45) is 7.05 Å². The van der Waals surface area contributed by atoms with Crippen LogP contribution in [0.2, 0.25) is 0 Å². The summed E-state index contributed by atoms with van der Waals surface area (Å²) in [5.74, 6) is 0.865. The van der Waals surface area contributed by atoms with Crippen LogP contribution in [-0.2, 0) is 7.05 Å². The fraction of sp³-hybridized carbons (Fsp3) is 0.0714. The first-order valence-electron chi connectivity index (χ1n) is 5.70. The van der Waals surface area contributed by atoms with Crippen molar-refractivity contribution in [2.45, 2.75) is 0 Å². The normalized spacial score (nSPS) is 10.7. The first kappa shape index (κ1) is 11.0. The topological polar surface area (TPSA) is 21.9 Å². The van der Waals surface area contributed by atoms with E-state index in [-0.39, 0.29) is 0 Å². The molecule has 3 nitrogen and oxygen atoms in total. The van der Waals surface area contributed by atoms with Crippen LogP contribution in [0.4, 0.5) is 0 Å². The molecule has 18 heavy (non-hydrogen) atoms. The van der Waals surface area contributed by atoms with Gasteiger partial charge in [-0.1, -0.05) is 42.5 Å². The van der Waals surface area contributed by atoms with E-state index in [0.29, 0.717) is 0 Å². The number of rotatable bonds is 1. The molecule has 0 bridgehead atoms. The lowest BCUT2D eigenvalue weighted by Gasteiger charge is -2.05. The van der Waals surface area contributed by atoms with Crippen LogP contribution >= 0.6 is 12.2 Å². The molecule has 1 aromatic carbocycles. The zero-order valence-corrected chi connectivity index (χ0v) is 10.8. The van der Waals surface area contributed by atoms with Gasteiger partial charge < -0.3 is 4.57 Å². The average molecular weight is 254 g/mol. The molecule has 0 N–H and O–H groups in total. The number of nitrogens with zero attached hydrogens (tertiary/aromatic N) is 3. The number of hydrogen-bond donors (Lipinski definition) is 0. The van der Waals surface area contributed by atoms with E-state index in [1.807, 2.05) is 70.9 Å². The zero-order valence-electron chi connectivity index (χ0n) is 9.95. The molecule has 2 heterocycles. The SMILES string of the molecule is Cn1c(-c2ccccc2)n[n+]2ccccc2c1=S. The minimum atomic E-state index is 0.782. The Labute approximate surface area is 110 Å². The molecule has 0 amide bonds. The highest BCUT2D eigenvalue weighted by Gasteiger charge is 2.13. The first-order chi connectivity index (χ1) is 8.77. The summed E-state index contributed by atoms with van der Waals surface area (Å²) in [6.45, 7) is 0. The van der Waals surface area contributed by atoms with Gasteiger partial charge in [-0.25, -0.2) is 0 Å². The molecule has 3 aromatic rings. The smallest absolute Gasteiger partial charge is 0.272 e. The molecule has 0 spiro atoms. The Morgan fingerprint density at radius 3 is 2.56 bits per heavy atom. The quantitative estimate of drug-likeness (QED) is 0.492. The molecule has 88 valence electrons. The third kappa shape index (κ3) is 1.71. The highest BCUT2D eigenvalue weighted by Crippen LogP contribution is 2.15. The molecule has 0 aliphatic carbocycles. The maximum atomic E-state index is 5.48. The Kier molecular flexibility index (Phi) is 2.64. The fourth-order valence-corrected chi connectivity index (χ4v) is 2.21. The second-order valence-corrected chi connectivity index (χ2v) is 4.47. The second kappa shape index (κ2) is 4.31. The maximum absolute atomic E-state index is 5.48. The summed E-state index contributed by atoms with van der Waals surface area (Å²) >= 11 is 5.48. The fourth-order valence-electron chi connectivity index (χ4n) is 1.97. The molecule has 0 unspecified atom stereocenters. The largest absolute Gasteiger partial charge is 0.309 e. The highest BCUT2D eigenvalue weighted by molar-refractivity contribution is 7.71. The Morgan fingerprint density at radius 2 is 1.78 bits per heavy atom.